The van der Waals surface area contributed by atoms with E-state index in [0.717, 1.165) is 5.56 Å². The Hall–Kier alpha value is -1.91. The summed E-state index contributed by atoms with van der Waals surface area (Å²) >= 11 is 0. The number of benzene rings is 1. The third-order valence-corrected chi connectivity index (χ3v) is 2.71. The van der Waals surface area contributed by atoms with Gasteiger partial charge in [-0.25, -0.2) is 4.79 Å². The normalized spacial score (nSPS) is 17.0. The molecule has 0 spiro atoms. The molecule has 0 aliphatic carbocycles. The zero-order valence-electron chi connectivity index (χ0n) is 9.98. The second kappa shape index (κ2) is 4.53. The fraction of sp³-hybridized carbons (Fsp3) is 0.417. The van der Waals surface area contributed by atoms with Crippen molar-refractivity contribution in [2.45, 2.75) is 12.5 Å². The molecule has 0 saturated carbocycles. The van der Waals surface area contributed by atoms with Crippen molar-refractivity contribution in [1.82, 2.24) is 0 Å². The van der Waals surface area contributed by atoms with E-state index in [0.29, 0.717) is 23.7 Å². The van der Waals surface area contributed by atoms with Gasteiger partial charge in [0.2, 0.25) is 0 Å². The highest BCUT2D eigenvalue weighted by molar-refractivity contribution is 5.77. The van der Waals surface area contributed by atoms with Gasteiger partial charge in [-0.1, -0.05) is 0 Å². The van der Waals surface area contributed by atoms with Crippen molar-refractivity contribution in [3.8, 4) is 17.2 Å². The third-order valence-electron chi connectivity index (χ3n) is 2.71. The maximum absolute atomic E-state index is 11.4. The molecule has 5 nitrogen and oxygen atoms in total. The van der Waals surface area contributed by atoms with E-state index in [1.165, 1.54) is 7.11 Å². The number of carbonyl (C=O) groups is 1. The third kappa shape index (κ3) is 2.00. The van der Waals surface area contributed by atoms with Gasteiger partial charge in [0.1, 0.15) is 5.75 Å². The van der Waals surface area contributed by atoms with Crippen LogP contribution in [0.5, 0.6) is 17.2 Å². The first-order valence-electron chi connectivity index (χ1n) is 5.19. The minimum atomic E-state index is -0.577. The van der Waals surface area contributed by atoms with E-state index in [-0.39, 0.29) is 5.97 Å². The molecule has 1 unspecified atom stereocenters. The van der Waals surface area contributed by atoms with Gasteiger partial charge in [-0.15, -0.1) is 0 Å². The van der Waals surface area contributed by atoms with E-state index in [9.17, 15) is 4.79 Å². The molecule has 92 valence electrons. The standard InChI is InChI=1S/C12H14O5/c1-14-9-4-7-5-11(12(13)16-3)17-8(7)6-10(9)15-2/h4,6,11H,5H2,1-3H3. The summed E-state index contributed by atoms with van der Waals surface area (Å²) in [6.07, 6.45) is -0.0886. The summed E-state index contributed by atoms with van der Waals surface area (Å²) in [5, 5.41) is 0. The molecule has 17 heavy (non-hydrogen) atoms. The molecule has 0 bridgehead atoms. The number of hydrogen-bond donors (Lipinski definition) is 0. The van der Waals surface area contributed by atoms with Gasteiger partial charge in [0.15, 0.2) is 17.6 Å². The largest absolute Gasteiger partial charge is 0.493 e. The smallest absolute Gasteiger partial charge is 0.347 e. The summed E-state index contributed by atoms with van der Waals surface area (Å²) in [5.74, 6) is 1.47. The van der Waals surface area contributed by atoms with Crippen molar-refractivity contribution in [3.05, 3.63) is 17.7 Å². The van der Waals surface area contributed by atoms with Crippen LogP contribution in [0.1, 0.15) is 5.56 Å². The predicted molar refractivity (Wildman–Crippen MR) is 59.7 cm³/mol. The molecule has 1 aliphatic heterocycles. The van der Waals surface area contributed by atoms with Gasteiger partial charge in [0.05, 0.1) is 21.3 Å². The van der Waals surface area contributed by atoms with Gasteiger partial charge in [0, 0.05) is 18.1 Å². The molecular formula is C12H14O5. The zero-order valence-corrected chi connectivity index (χ0v) is 9.98. The summed E-state index contributed by atoms with van der Waals surface area (Å²) in [5.41, 5.74) is 0.915. The first kappa shape index (κ1) is 11.6. The van der Waals surface area contributed by atoms with Crippen LogP contribution < -0.4 is 14.2 Å². The van der Waals surface area contributed by atoms with Crippen molar-refractivity contribution in [1.29, 1.82) is 0 Å². The number of carbonyl (C=O) groups excluding carboxylic acids is 1. The molecule has 0 N–H and O–H groups in total. The monoisotopic (exact) mass is 238 g/mol. The molecule has 0 amide bonds. The minimum absolute atomic E-state index is 0.376. The molecule has 0 aromatic heterocycles. The quantitative estimate of drug-likeness (QED) is 0.740. The molecule has 5 heteroatoms. The second-order valence-electron chi connectivity index (χ2n) is 3.65. The SMILES string of the molecule is COC(=O)C1Cc2cc(OC)c(OC)cc2O1. The van der Waals surface area contributed by atoms with Crippen molar-refractivity contribution in [2.24, 2.45) is 0 Å². The molecule has 1 heterocycles. The maximum Gasteiger partial charge on any atom is 0.347 e. The Morgan fingerprint density at radius 3 is 2.47 bits per heavy atom. The molecule has 0 saturated heterocycles. The van der Waals surface area contributed by atoms with Crippen LogP contribution in [0.4, 0.5) is 0 Å². The Morgan fingerprint density at radius 1 is 1.24 bits per heavy atom. The van der Waals surface area contributed by atoms with E-state index in [1.807, 2.05) is 6.07 Å². The lowest BCUT2D eigenvalue weighted by atomic mass is 10.1. The molecular weight excluding hydrogens is 224 g/mol. The van der Waals surface area contributed by atoms with Crippen LogP contribution in [-0.4, -0.2) is 33.4 Å². The van der Waals surface area contributed by atoms with Crippen LogP contribution in [0.25, 0.3) is 0 Å². The highest BCUT2D eigenvalue weighted by atomic mass is 16.6. The number of rotatable bonds is 3. The summed E-state index contributed by atoms with van der Waals surface area (Å²) in [7, 11) is 4.46. The van der Waals surface area contributed by atoms with E-state index >= 15 is 0 Å². The zero-order chi connectivity index (χ0) is 12.4. The number of esters is 1. The van der Waals surface area contributed by atoms with Crippen LogP contribution in [0, 0.1) is 0 Å². The first-order chi connectivity index (χ1) is 8.19. The lowest BCUT2D eigenvalue weighted by Crippen LogP contribution is -2.26. The fourth-order valence-corrected chi connectivity index (χ4v) is 1.83. The van der Waals surface area contributed by atoms with Crippen molar-refractivity contribution >= 4 is 5.97 Å². The molecule has 2 rings (SSSR count). The van der Waals surface area contributed by atoms with Crippen LogP contribution in [-0.2, 0) is 16.0 Å². The Bertz CT molecular complexity index is 408. The van der Waals surface area contributed by atoms with Gasteiger partial charge < -0.3 is 18.9 Å². The summed E-state index contributed by atoms with van der Waals surface area (Å²) < 4.78 is 20.5. The molecule has 1 atom stereocenters. The lowest BCUT2D eigenvalue weighted by Gasteiger charge is -2.09. The number of ether oxygens (including phenoxy) is 4. The highest BCUT2D eigenvalue weighted by Gasteiger charge is 2.31. The van der Waals surface area contributed by atoms with Crippen LogP contribution in [0.3, 0.4) is 0 Å². The van der Waals surface area contributed by atoms with Crippen LogP contribution in [0.15, 0.2) is 12.1 Å². The van der Waals surface area contributed by atoms with Gasteiger partial charge >= 0.3 is 5.97 Å². The van der Waals surface area contributed by atoms with Crippen molar-refractivity contribution < 1.29 is 23.7 Å². The van der Waals surface area contributed by atoms with Crippen LogP contribution >= 0.6 is 0 Å². The molecule has 1 aromatic rings. The van der Waals surface area contributed by atoms with Crippen molar-refractivity contribution in [2.75, 3.05) is 21.3 Å². The Morgan fingerprint density at radius 2 is 1.88 bits per heavy atom. The average molecular weight is 238 g/mol. The number of fused-ring (bicyclic) bond motifs is 1. The summed E-state index contributed by atoms with van der Waals surface area (Å²) in [4.78, 5) is 11.4. The molecule has 0 fully saturated rings. The fourth-order valence-electron chi connectivity index (χ4n) is 1.83. The lowest BCUT2D eigenvalue weighted by molar-refractivity contribution is -0.147. The Labute approximate surface area is 99.2 Å². The van der Waals surface area contributed by atoms with Gasteiger partial charge in [-0.2, -0.15) is 0 Å². The van der Waals surface area contributed by atoms with E-state index < -0.39 is 6.10 Å². The van der Waals surface area contributed by atoms with Gasteiger partial charge in [-0.05, 0) is 6.07 Å². The number of methoxy groups -OCH3 is 3. The summed E-state index contributed by atoms with van der Waals surface area (Å²) in [6, 6.07) is 3.54. The Balaban J connectivity index is 2.29. The van der Waals surface area contributed by atoms with E-state index in [1.54, 1.807) is 20.3 Å². The molecule has 1 aromatic carbocycles. The second-order valence-corrected chi connectivity index (χ2v) is 3.65. The summed E-state index contributed by atoms with van der Waals surface area (Å²) in [6.45, 7) is 0. The van der Waals surface area contributed by atoms with Crippen molar-refractivity contribution in [3.63, 3.8) is 0 Å². The highest BCUT2D eigenvalue weighted by Crippen LogP contribution is 2.39. The topological polar surface area (TPSA) is 54.0 Å². The number of hydrogen-bond acceptors (Lipinski definition) is 5. The minimum Gasteiger partial charge on any atom is -0.493 e. The molecule has 1 aliphatic rings. The Kier molecular flexibility index (Phi) is 3.08. The van der Waals surface area contributed by atoms with Gasteiger partial charge in [-0.3, -0.25) is 0 Å². The van der Waals surface area contributed by atoms with Gasteiger partial charge in [0.25, 0.3) is 0 Å². The first-order valence-corrected chi connectivity index (χ1v) is 5.19. The molecule has 0 radical (unpaired) electrons. The van der Waals surface area contributed by atoms with E-state index in [2.05, 4.69) is 4.74 Å². The average Bonchev–Trinajstić information content (AvgIpc) is 2.78. The van der Waals surface area contributed by atoms with Crippen LogP contribution in [0.2, 0.25) is 0 Å². The van der Waals surface area contributed by atoms with E-state index in [4.69, 9.17) is 14.2 Å². The maximum atomic E-state index is 11.4. The predicted octanol–water partition coefficient (Wildman–Crippen LogP) is 1.18.